The molecule has 21 heavy (non-hydrogen) atoms. The second kappa shape index (κ2) is 5.18. The predicted octanol–water partition coefficient (Wildman–Crippen LogP) is 2.36. The fourth-order valence-corrected chi connectivity index (χ4v) is 4.24. The van der Waals surface area contributed by atoms with E-state index in [1.54, 1.807) is 0 Å². The highest BCUT2D eigenvalue weighted by molar-refractivity contribution is 5.74. The van der Waals surface area contributed by atoms with E-state index in [4.69, 9.17) is 15.2 Å². The number of rotatable bonds is 1. The monoisotopic (exact) mass is 288 g/mol. The molecule has 114 valence electrons. The summed E-state index contributed by atoms with van der Waals surface area (Å²) in [4.78, 5) is 2.55. The second-order valence-electron chi connectivity index (χ2n) is 6.59. The van der Waals surface area contributed by atoms with E-state index in [-0.39, 0.29) is 5.60 Å². The molecule has 0 aliphatic carbocycles. The zero-order chi connectivity index (χ0) is 14.3. The molecule has 1 aromatic rings. The minimum absolute atomic E-state index is 0.0491. The number of nitrogen functional groups attached to an aromatic ring is 1. The summed E-state index contributed by atoms with van der Waals surface area (Å²) in [7, 11) is 0. The number of ether oxygens (including phenoxy) is 2. The molecule has 3 aliphatic rings. The molecule has 0 aromatic heterocycles. The maximum atomic E-state index is 6.25. The first-order valence-corrected chi connectivity index (χ1v) is 8.13. The van der Waals surface area contributed by atoms with E-state index in [1.807, 2.05) is 6.07 Å². The van der Waals surface area contributed by atoms with E-state index in [0.29, 0.717) is 6.04 Å². The third kappa shape index (κ3) is 2.30. The van der Waals surface area contributed by atoms with Crippen LogP contribution in [0.25, 0.3) is 0 Å². The third-order valence-corrected chi connectivity index (χ3v) is 5.37. The number of nitrogens with two attached hydrogens (primary N) is 1. The van der Waals surface area contributed by atoms with Gasteiger partial charge in [0.25, 0.3) is 0 Å². The first kappa shape index (κ1) is 13.4. The standard InChI is InChI=1S/C17H24N2O2/c18-15-3-1-2-13-4-8-19(16(13)15)14-5-9-21-17(12-14)6-10-20-11-7-17/h1-3,14H,4-12,18H2. The minimum Gasteiger partial charge on any atom is -0.397 e. The van der Waals surface area contributed by atoms with Crippen LogP contribution in [-0.4, -0.2) is 38.0 Å². The number of anilines is 2. The molecular weight excluding hydrogens is 264 g/mol. The molecule has 4 rings (SSSR count). The van der Waals surface area contributed by atoms with E-state index < -0.39 is 0 Å². The molecule has 1 atom stereocenters. The minimum atomic E-state index is 0.0491. The molecule has 1 unspecified atom stereocenters. The van der Waals surface area contributed by atoms with Crippen molar-refractivity contribution in [1.82, 2.24) is 0 Å². The lowest BCUT2D eigenvalue weighted by Gasteiger charge is -2.46. The van der Waals surface area contributed by atoms with Crippen molar-refractivity contribution >= 4 is 11.4 Å². The van der Waals surface area contributed by atoms with Gasteiger partial charge < -0.3 is 20.1 Å². The van der Waals surface area contributed by atoms with Crippen LogP contribution >= 0.6 is 0 Å². The summed E-state index contributed by atoms with van der Waals surface area (Å²) in [5.74, 6) is 0. The summed E-state index contributed by atoms with van der Waals surface area (Å²) < 4.78 is 11.7. The van der Waals surface area contributed by atoms with Crippen LogP contribution in [0.1, 0.15) is 31.2 Å². The van der Waals surface area contributed by atoms with E-state index in [9.17, 15) is 0 Å². The first-order valence-electron chi connectivity index (χ1n) is 8.13. The van der Waals surface area contributed by atoms with Crippen molar-refractivity contribution < 1.29 is 9.47 Å². The molecule has 0 amide bonds. The van der Waals surface area contributed by atoms with Crippen LogP contribution in [0.5, 0.6) is 0 Å². The Labute approximate surface area is 126 Å². The highest BCUT2D eigenvalue weighted by Crippen LogP contribution is 2.41. The smallest absolute Gasteiger partial charge is 0.0745 e. The summed E-state index contributed by atoms with van der Waals surface area (Å²) in [5, 5.41) is 0. The molecule has 4 heteroatoms. The van der Waals surface area contributed by atoms with Crippen molar-refractivity contribution in [3.05, 3.63) is 23.8 Å². The summed E-state index contributed by atoms with van der Waals surface area (Å²) in [6.07, 6.45) is 5.41. The van der Waals surface area contributed by atoms with Crippen LogP contribution < -0.4 is 10.6 Å². The number of hydrogen-bond donors (Lipinski definition) is 1. The topological polar surface area (TPSA) is 47.7 Å². The molecular formula is C17H24N2O2. The fourth-order valence-electron chi connectivity index (χ4n) is 4.24. The lowest BCUT2D eigenvalue weighted by molar-refractivity contribution is -0.137. The number of fused-ring (bicyclic) bond motifs is 1. The van der Waals surface area contributed by atoms with Gasteiger partial charge in [0, 0.05) is 32.4 Å². The van der Waals surface area contributed by atoms with E-state index in [2.05, 4.69) is 17.0 Å². The number of benzene rings is 1. The summed E-state index contributed by atoms with van der Waals surface area (Å²) in [6, 6.07) is 6.88. The lowest BCUT2D eigenvalue weighted by atomic mass is 9.83. The Balaban J connectivity index is 1.58. The van der Waals surface area contributed by atoms with Gasteiger partial charge in [-0.25, -0.2) is 0 Å². The van der Waals surface area contributed by atoms with E-state index in [0.717, 1.165) is 64.2 Å². The molecule has 0 bridgehead atoms. The Bertz CT molecular complexity index is 520. The van der Waals surface area contributed by atoms with Crippen LogP contribution in [-0.2, 0) is 15.9 Å². The number of para-hydroxylation sites is 1. The van der Waals surface area contributed by atoms with Gasteiger partial charge in [-0.3, -0.25) is 0 Å². The van der Waals surface area contributed by atoms with Gasteiger partial charge in [-0.1, -0.05) is 12.1 Å². The summed E-state index contributed by atoms with van der Waals surface area (Å²) in [5.41, 5.74) is 9.91. The van der Waals surface area contributed by atoms with Gasteiger partial charge in [0.1, 0.15) is 0 Å². The SMILES string of the molecule is Nc1cccc2c1N(C1CCOC3(CCOCC3)C1)CC2. The molecule has 0 radical (unpaired) electrons. The second-order valence-corrected chi connectivity index (χ2v) is 6.59. The molecule has 2 fully saturated rings. The van der Waals surface area contributed by atoms with Crippen molar-refractivity contribution in [3.8, 4) is 0 Å². The van der Waals surface area contributed by atoms with Crippen LogP contribution in [0.15, 0.2) is 18.2 Å². The largest absolute Gasteiger partial charge is 0.397 e. The average molecular weight is 288 g/mol. The van der Waals surface area contributed by atoms with Gasteiger partial charge in [0.15, 0.2) is 0 Å². The maximum Gasteiger partial charge on any atom is 0.0745 e. The predicted molar refractivity (Wildman–Crippen MR) is 83.7 cm³/mol. The number of hydrogen-bond acceptors (Lipinski definition) is 4. The van der Waals surface area contributed by atoms with E-state index in [1.165, 1.54) is 11.3 Å². The Morgan fingerprint density at radius 2 is 2.05 bits per heavy atom. The highest BCUT2D eigenvalue weighted by Gasteiger charge is 2.42. The zero-order valence-electron chi connectivity index (χ0n) is 12.5. The van der Waals surface area contributed by atoms with Crippen LogP contribution in [0, 0.1) is 0 Å². The van der Waals surface area contributed by atoms with Gasteiger partial charge in [-0.2, -0.15) is 0 Å². The van der Waals surface area contributed by atoms with Crippen LogP contribution in [0.4, 0.5) is 11.4 Å². The van der Waals surface area contributed by atoms with Crippen LogP contribution in [0.3, 0.4) is 0 Å². The van der Waals surface area contributed by atoms with Crippen LogP contribution in [0.2, 0.25) is 0 Å². The lowest BCUT2D eigenvalue weighted by Crippen LogP contribution is -2.51. The quantitative estimate of drug-likeness (QED) is 0.806. The van der Waals surface area contributed by atoms with Crippen molar-refractivity contribution in [1.29, 1.82) is 0 Å². The fraction of sp³-hybridized carbons (Fsp3) is 0.647. The van der Waals surface area contributed by atoms with Crippen molar-refractivity contribution in [3.63, 3.8) is 0 Å². The molecule has 1 spiro atoms. The molecule has 0 saturated carbocycles. The Kier molecular flexibility index (Phi) is 3.31. The molecule has 1 aromatic carbocycles. The van der Waals surface area contributed by atoms with Crippen molar-refractivity contribution in [2.45, 2.75) is 43.7 Å². The Morgan fingerprint density at radius 1 is 1.19 bits per heavy atom. The first-order chi connectivity index (χ1) is 10.3. The Morgan fingerprint density at radius 3 is 2.90 bits per heavy atom. The van der Waals surface area contributed by atoms with Crippen molar-refractivity contribution in [2.75, 3.05) is 37.0 Å². The van der Waals surface area contributed by atoms with E-state index >= 15 is 0 Å². The molecule has 3 heterocycles. The molecule has 3 aliphatic heterocycles. The maximum absolute atomic E-state index is 6.25. The van der Waals surface area contributed by atoms with Crippen molar-refractivity contribution in [2.24, 2.45) is 0 Å². The summed E-state index contributed by atoms with van der Waals surface area (Å²) in [6.45, 7) is 3.64. The molecule has 4 nitrogen and oxygen atoms in total. The molecule has 2 N–H and O–H groups in total. The highest BCUT2D eigenvalue weighted by atomic mass is 16.5. The normalized spacial score (nSPS) is 27.8. The summed E-state index contributed by atoms with van der Waals surface area (Å²) >= 11 is 0. The average Bonchev–Trinajstić information content (AvgIpc) is 2.94. The van der Waals surface area contributed by atoms with Gasteiger partial charge >= 0.3 is 0 Å². The van der Waals surface area contributed by atoms with Gasteiger partial charge in [0.2, 0.25) is 0 Å². The Hall–Kier alpha value is -1.26. The third-order valence-electron chi connectivity index (χ3n) is 5.37. The van der Waals surface area contributed by atoms with Gasteiger partial charge in [0.05, 0.1) is 17.0 Å². The zero-order valence-corrected chi connectivity index (χ0v) is 12.5. The van der Waals surface area contributed by atoms with Gasteiger partial charge in [-0.05, 0) is 43.7 Å². The van der Waals surface area contributed by atoms with Gasteiger partial charge in [-0.15, -0.1) is 0 Å². The molecule has 2 saturated heterocycles. The number of nitrogens with zero attached hydrogens (tertiary/aromatic N) is 1.